The number of benzene rings is 3. The third-order valence-corrected chi connectivity index (χ3v) is 6.83. The van der Waals surface area contributed by atoms with Gasteiger partial charge in [-0.25, -0.2) is 4.98 Å². The lowest BCUT2D eigenvalue weighted by Crippen LogP contribution is -2.19. The van der Waals surface area contributed by atoms with E-state index < -0.39 is 0 Å². The SMILES string of the molecule is Cc1ccc(-n2c3c/c(=N\C4CCCCC4)c(Nc4cccnc4)cc-3nc3ccccc32)cc1. The molecule has 5 heteroatoms. The molecule has 3 aliphatic rings. The zero-order chi connectivity index (χ0) is 23.6. The Hall–Kier alpha value is -3.99. The fourth-order valence-electron chi connectivity index (χ4n) is 5.02. The molecule has 3 aromatic rings. The Morgan fingerprint density at radius 2 is 1.74 bits per heavy atom. The summed E-state index contributed by atoms with van der Waals surface area (Å²) in [5, 5.41) is 4.54. The zero-order valence-corrected chi connectivity index (χ0v) is 20.0. The van der Waals surface area contributed by atoms with Crippen LogP contribution in [0.5, 0.6) is 0 Å². The van der Waals surface area contributed by atoms with Gasteiger partial charge in [0.1, 0.15) is 0 Å². The molecule has 0 bridgehead atoms. The first-order valence-corrected chi connectivity index (χ1v) is 12.5. The number of pyridine rings is 1. The lowest BCUT2D eigenvalue weighted by molar-refractivity contribution is 0.437. The molecule has 1 N–H and O–H groups in total. The van der Waals surface area contributed by atoms with Gasteiger partial charge in [0.2, 0.25) is 0 Å². The number of nitrogens with one attached hydrogen (secondary N) is 1. The van der Waals surface area contributed by atoms with Gasteiger partial charge in [0.05, 0.1) is 51.4 Å². The Balaban J connectivity index is 1.62. The molecular weight excluding hydrogens is 430 g/mol. The van der Waals surface area contributed by atoms with E-state index in [4.69, 9.17) is 9.98 Å². The molecule has 0 spiro atoms. The molecule has 1 fully saturated rings. The highest BCUT2D eigenvalue weighted by molar-refractivity contribution is 5.84. The van der Waals surface area contributed by atoms with Gasteiger partial charge in [-0.3, -0.25) is 9.98 Å². The van der Waals surface area contributed by atoms with Crippen LogP contribution >= 0.6 is 0 Å². The van der Waals surface area contributed by atoms with Crippen molar-refractivity contribution < 1.29 is 0 Å². The molecule has 35 heavy (non-hydrogen) atoms. The minimum Gasteiger partial charge on any atom is -0.352 e. The van der Waals surface area contributed by atoms with Gasteiger partial charge >= 0.3 is 0 Å². The highest BCUT2D eigenvalue weighted by atomic mass is 15.0. The van der Waals surface area contributed by atoms with Gasteiger partial charge in [-0.1, -0.05) is 49.1 Å². The molecule has 0 amide bonds. The maximum Gasteiger partial charge on any atom is 0.0900 e. The summed E-state index contributed by atoms with van der Waals surface area (Å²) in [6, 6.07) is 25.7. The number of nitrogens with zero attached hydrogens (tertiary/aromatic N) is 4. The summed E-state index contributed by atoms with van der Waals surface area (Å²) in [6.45, 7) is 2.12. The van der Waals surface area contributed by atoms with Crippen LogP contribution in [0.2, 0.25) is 0 Å². The highest BCUT2D eigenvalue weighted by Crippen LogP contribution is 2.31. The average molecular weight is 460 g/mol. The first-order chi connectivity index (χ1) is 17.2. The summed E-state index contributed by atoms with van der Waals surface area (Å²) < 4.78 is 2.31. The van der Waals surface area contributed by atoms with Crippen LogP contribution in [-0.4, -0.2) is 20.6 Å². The van der Waals surface area contributed by atoms with E-state index >= 15 is 0 Å². The number of aromatic nitrogens is 3. The van der Waals surface area contributed by atoms with E-state index in [1.54, 1.807) is 6.20 Å². The molecule has 2 aliphatic carbocycles. The van der Waals surface area contributed by atoms with E-state index in [0.29, 0.717) is 6.04 Å². The van der Waals surface area contributed by atoms with Gasteiger partial charge in [-0.05, 0) is 68.3 Å². The van der Waals surface area contributed by atoms with Crippen molar-refractivity contribution in [2.24, 2.45) is 4.99 Å². The largest absolute Gasteiger partial charge is 0.352 e. The number of hydrogen-bond acceptors (Lipinski definition) is 4. The second kappa shape index (κ2) is 9.34. The molecule has 2 heterocycles. The van der Waals surface area contributed by atoms with Crippen LogP contribution < -0.4 is 10.7 Å². The molecule has 0 unspecified atom stereocenters. The van der Waals surface area contributed by atoms with Crippen molar-refractivity contribution in [2.45, 2.75) is 45.1 Å². The Labute approximate surface area is 205 Å². The van der Waals surface area contributed by atoms with Crippen molar-refractivity contribution in [3.8, 4) is 17.1 Å². The van der Waals surface area contributed by atoms with E-state index in [-0.39, 0.29) is 0 Å². The molecule has 0 atom stereocenters. The topological polar surface area (TPSA) is 55.1 Å². The van der Waals surface area contributed by atoms with Gasteiger partial charge in [-0.2, -0.15) is 0 Å². The first-order valence-electron chi connectivity index (χ1n) is 12.5. The number of anilines is 2. The molecule has 2 aromatic carbocycles. The predicted octanol–water partition coefficient (Wildman–Crippen LogP) is 6.81. The van der Waals surface area contributed by atoms with Gasteiger partial charge in [-0.15, -0.1) is 0 Å². The zero-order valence-electron chi connectivity index (χ0n) is 20.0. The van der Waals surface area contributed by atoms with Crippen molar-refractivity contribution in [3.63, 3.8) is 0 Å². The number of para-hydroxylation sites is 2. The van der Waals surface area contributed by atoms with E-state index in [1.165, 1.54) is 24.8 Å². The molecule has 1 aromatic heterocycles. The predicted molar refractivity (Wildman–Crippen MR) is 142 cm³/mol. The lowest BCUT2D eigenvalue weighted by atomic mass is 9.96. The third kappa shape index (κ3) is 4.42. The van der Waals surface area contributed by atoms with Crippen molar-refractivity contribution in [1.29, 1.82) is 0 Å². The normalized spacial score (nSPS) is 15.1. The van der Waals surface area contributed by atoms with Crippen molar-refractivity contribution in [3.05, 3.63) is 96.1 Å². The highest BCUT2D eigenvalue weighted by Gasteiger charge is 2.18. The van der Waals surface area contributed by atoms with Crippen LogP contribution in [0.4, 0.5) is 11.4 Å². The molecule has 0 radical (unpaired) electrons. The molecule has 1 saturated carbocycles. The number of rotatable bonds is 4. The Morgan fingerprint density at radius 3 is 2.54 bits per heavy atom. The smallest absolute Gasteiger partial charge is 0.0900 e. The standard InChI is InChI=1S/C30H29N5/c1-21-13-15-24(16-14-21)35-29-12-6-5-11-25(29)34-28-18-26(33-23-10-7-17-31-20-23)27(19-30(28)35)32-22-8-3-2-4-9-22/h5-7,10-20,22,33H,2-4,8-9H2,1H3/b32-27+. The van der Waals surface area contributed by atoms with Crippen LogP contribution in [0.15, 0.2) is 90.2 Å². The van der Waals surface area contributed by atoms with E-state index in [0.717, 1.165) is 57.7 Å². The third-order valence-electron chi connectivity index (χ3n) is 6.83. The summed E-state index contributed by atoms with van der Waals surface area (Å²) in [5.41, 5.74) is 8.31. The Morgan fingerprint density at radius 1 is 0.914 bits per heavy atom. The van der Waals surface area contributed by atoms with Crippen molar-refractivity contribution in [2.75, 3.05) is 5.32 Å². The fraction of sp³-hybridized carbons (Fsp3) is 0.233. The fourth-order valence-corrected chi connectivity index (χ4v) is 5.02. The minimum absolute atomic E-state index is 0.358. The van der Waals surface area contributed by atoms with Gasteiger partial charge < -0.3 is 9.88 Å². The summed E-state index contributed by atoms with van der Waals surface area (Å²) in [7, 11) is 0. The van der Waals surface area contributed by atoms with Gasteiger partial charge in [0.15, 0.2) is 0 Å². The maximum atomic E-state index is 5.27. The average Bonchev–Trinajstić information content (AvgIpc) is 2.90. The Bertz CT molecular complexity index is 1500. The van der Waals surface area contributed by atoms with Crippen molar-refractivity contribution in [1.82, 2.24) is 14.5 Å². The molecule has 0 saturated heterocycles. The van der Waals surface area contributed by atoms with Gasteiger partial charge in [0, 0.05) is 11.9 Å². The summed E-state index contributed by atoms with van der Waals surface area (Å²) in [5.74, 6) is 0. The molecular formula is C30H29N5. The molecule has 6 rings (SSSR count). The summed E-state index contributed by atoms with van der Waals surface area (Å²) >= 11 is 0. The summed E-state index contributed by atoms with van der Waals surface area (Å²) in [4.78, 5) is 14.6. The minimum atomic E-state index is 0.358. The van der Waals surface area contributed by atoms with Crippen molar-refractivity contribution >= 4 is 22.4 Å². The van der Waals surface area contributed by atoms with Crippen LogP contribution in [0, 0.1) is 6.92 Å². The Kier molecular flexibility index (Phi) is 5.75. The van der Waals surface area contributed by atoms with Crippen LogP contribution in [-0.2, 0) is 0 Å². The second-order valence-electron chi connectivity index (χ2n) is 9.42. The quantitative estimate of drug-likeness (QED) is 0.300. The van der Waals surface area contributed by atoms with Crippen LogP contribution in [0.1, 0.15) is 37.7 Å². The van der Waals surface area contributed by atoms with Crippen LogP contribution in [0.25, 0.3) is 28.1 Å². The second-order valence-corrected chi connectivity index (χ2v) is 9.42. The number of aryl methyl sites for hydroxylation is 1. The first kappa shape index (κ1) is 21.5. The van der Waals surface area contributed by atoms with Gasteiger partial charge in [0.25, 0.3) is 0 Å². The number of hydrogen-bond donors (Lipinski definition) is 1. The van der Waals surface area contributed by atoms with Crippen LogP contribution in [0.3, 0.4) is 0 Å². The van der Waals surface area contributed by atoms with E-state index in [1.807, 2.05) is 24.4 Å². The summed E-state index contributed by atoms with van der Waals surface area (Å²) in [6.07, 6.45) is 9.75. The van der Waals surface area contributed by atoms with E-state index in [2.05, 4.69) is 76.4 Å². The monoisotopic (exact) mass is 459 g/mol. The lowest BCUT2D eigenvalue weighted by Gasteiger charge is -2.21. The molecule has 5 nitrogen and oxygen atoms in total. The number of fused-ring (bicyclic) bond motifs is 2. The van der Waals surface area contributed by atoms with E-state index in [9.17, 15) is 0 Å². The molecule has 174 valence electrons. The molecule has 1 aliphatic heterocycles. The maximum absolute atomic E-state index is 5.27.